The van der Waals surface area contributed by atoms with Crippen molar-refractivity contribution in [2.75, 3.05) is 37.5 Å². The molecule has 4 rings (SSSR count). The van der Waals surface area contributed by atoms with Gasteiger partial charge in [-0.3, -0.25) is 9.59 Å². The first kappa shape index (κ1) is 73.5. The number of anilines is 2. The first-order valence-corrected chi connectivity index (χ1v) is 29.1. The van der Waals surface area contributed by atoms with E-state index < -0.39 is 35.9 Å². The molecule has 3 aromatic rings. The largest absolute Gasteiger partial charge is 0.453 e. The highest BCUT2D eigenvalue weighted by atomic mass is 19.1. The lowest BCUT2D eigenvalue weighted by atomic mass is 9.88. The molecule has 1 aliphatic heterocycles. The molecule has 3 N–H and O–H groups in total. The molecule has 3 aromatic carbocycles. The quantitative estimate of drug-likeness (QED) is 0.0850. The highest BCUT2D eigenvalue weighted by Crippen LogP contribution is 2.32. The fourth-order valence-corrected chi connectivity index (χ4v) is 8.80. The van der Waals surface area contributed by atoms with Crippen LogP contribution >= 0.6 is 0 Å². The summed E-state index contributed by atoms with van der Waals surface area (Å²) in [7, 11) is 2.54. The zero-order valence-electron chi connectivity index (χ0n) is 52.9. The number of carbonyl (C=O) groups excluding carboxylic acids is 4. The molecule has 0 aromatic heterocycles. The van der Waals surface area contributed by atoms with Crippen LogP contribution in [0.2, 0.25) is 0 Å². The number of amides is 2. The Labute approximate surface area is 479 Å². The first-order chi connectivity index (χ1) is 36.9. The number of nitrogens with one attached hydrogen (secondary N) is 3. The summed E-state index contributed by atoms with van der Waals surface area (Å²) in [5.41, 5.74) is 11.4. The van der Waals surface area contributed by atoms with Crippen LogP contribution in [0.5, 0.6) is 0 Å². The lowest BCUT2D eigenvalue weighted by Gasteiger charge is -2.32. The maximum Gasteiger partial charge on any atom is 0.407 e. The van der Waals surface area contributed by atoms with E-state index >= 15 is 0 Å². The Morgan fingerprint density at radius 1 is 0.620 bits per heavy atom. The van der Waals surface area contributed by atoms with E-state index in [0.717, 1.165) is 37.5 Å². The zero-order valence-corrected chi connectivity index (χ0v) is 52.9. The minimum Gasteiger partial charge on any atom is -0.453 e. The number of Topliss-reactive ketones (excluding diaryl/α,β-unsaturated/α-hetero) is 2. The van der Waals surface area contributed by atoms with E-state index in [0.29, 0.717) is 29.2 Å². The molecule has 0 aliphatic carbocycles. The summed E-state index contributed by atoms with van der Waals surface area (Å²) in [5, 5.41) is 8.53. The van der Waals surface area contributed by atoms with Gasteiger partial charge in [0.2, 0.25) is 0 Å². The molecule has 79 heavy (non-hydrogen) atoms. The fraction of sp³-hybridized carbons (Fsp3) is 0.612. The first-order valence-electron chi connectivity index (χ1n) is 29.1. The zero-order chi connectivity index (χ0) is 60.7. The molecule has 0 bridgehead atoms. The number of benzene rings is 3. The molecule has 1 fully saturated rings. The van der Waals surface area contributed by atoms with Crippen LogP contribution in [0.25, 0.3) is 0 Å². The molecule has 0 saturated carbocycles. The maximum absolute atomic E-state index is 13.7. The van der Waals surface area contributed by atoms with Crippen molar-refractivity contribution in [1.82, 2.24) is 10.6 Å². The monoisotopic (exact) mass is 1100 g/mol. The van der Waals surface area contributed by atoms with Gasteiger partial charge in [0.15, 0.2) is 11.6 Å². The molecule has 1 heterocycles. The van der Waals surface area contributed by atoms with Gasteiger partial charge in [0.1, 0.15) is 17.3 Å². The van der Waals surface area contributed by atoms with Gasteiger partial charge in [-0.25, -0.2) is 18.4 Å². The van der Waals surface area contributed by atoms with Gasteiger partial charge in [0.25, 0.3) is 0 Å². The third-order valence-corrected chi connectivity index (χ3v) is 15.1. The summed E-state index contributed by atoms with van der Waals surface area (Å²) in [6, 6.07) is 15.7. The normalized spacial score (nSPS) is 14.3. The van der Waals surface area contributed by atoms with Crippen molar-refractivity contribution in [3.8, 4) is 0 Å². The van der Waals surface area contributed by atoms with Crippen LogP contribution in [0.15, 0.2) is 73.0 Å². The van der Waals surface area contributed by atoms with Gasteiger partial charge in [-0.1, -0.05) is 151 Å². The number of unbranched alkanes of at least 4 members (excludes halogenated alkanes) is 2. The van der Waals surface area contributed by atoms with Crippen LogP contribution < -0.4 is 20.9 Å². The molecular weight excluding hydrogens is 995 g/mol. The molecule has 1 saturated heterocycles. The standard InChI is InChI=1S/C29H43N.C13H17F2N.C9H18.2C8H15NO3/c1-9-10-11-21(3)26(8)30-29-19-28(17-15-24(29)6)23(5)13-12-22(4)27-16-14-20(2)25(7)18-27;1-9-3-5-16(6-4-9)13-11(14)7-10(2)8-12(13)15;1-5-6-7-9(4)8(2)3;2*1-5(2)7(6(3)10)9-8(11)12-4/h14-19,21-23,30H,8-13H2,1-7H3;7-9H,3-6H2,1-2H3;9H,2,5-7H2,1,3-4H3;2*5,7H,1-4H3,(H,9,11)/t21?,22?,23-;;9-;7-;/m1.00./s1. The summed E-state index contributed by atoms with van der Waals surface area (Å²) in [5.74, 6) is 2.20. The molecule has 3 unspecified atom stereocenters. The second-order valence-electron chi connectivity index (χ2n) is 23.1. The molecule has 1 aliphatic rings. The third-order valence-electron chi connectivity index (χ3n) is 15.1. The Kier molecular flexibility index (Phi) is 36.2. The van der Waals surface area contributed by atoms with Crippen LogP contribution in [0, 0.1) is 68.9 Å². The predicted octanol–water partition coefficient (Wildman–Crippen LogP) is 17.9. The van der Waals surface area contributed by atoms with E-state index in [1.54, 1.807) is 6.92 Å². The van der Waals surface area contributed by atoms with Gasteiger partial charge in [-0.05, 0) is 180 Å². The van der Waals surface area contributed by atoms with Gasteiger partial charge in [-0.2, -0.15) is 0 Å². The van der Waals surface area contributed by atoms with Crippen molar-refractivity contribution >= 4 is 35.1 Å². The molecular formula is C67H108F2N4O6. The van der Waals surface area contributed by atoms with E-state index in [4.69, 9.17) is 0 Å². The SMILES string of the molecule is C=C(C)[C@@H](C)CCCC.C=C(Nc1cc([C@H](C)CCC(C)c2ccc(C)c(C)c2)ccc1C)C(C)CCCC.COC(=O)NC(C(C)=O)C(C)C.COC(=O)N[C@H](C(C)=O)C(C)C.Cc1cc(F)c(N2CCC(C)CC2)c(F)c1. The Morgan fingerprint density at radius 3 is 1.42 bits per heavy atom. The Balaban J connectivity index is 0.00000105. The molecule has 10 nitrogen and oxygen atoms in total. The maximum atomic E-state index is 13.7. The number of nitrogens with zero attached hydrogens (tertiary/aromatic N) is 1. The minimum absolute atomic E-state index is 0.0598. The Bertz CT molecular complexity index is 2260. The van der Waals surface area contributed by atoms with Crippen LogP contribution in [-0.4, -0.2) is 63.1 Å². The van der Waals surface area contributed by atoms with Gasteiger partial charge < -0.3 is 30.3 Å². The molecule has 6 atom stereocenters. The van der Waals surface area contributed by atoms with Gasteiger partial charge >= 0.3 is 12.2 Å². The molecule has 446 valence electrons. The second kappa shape index (κ2) is 39.0. The van der Waals surface area contributed by atoms with Crippen LogP contribution in [0.1, 0.15) is 206 Å². The van der Waals surface area contributed by atoms with Gasteiger partial charge in [-0.15, -0.1) is 0 Å². The van der Waals surface area contributed by atoms with Crippen molar-refractivity contribution in [1.29, 1.82) is 0 Å². The van der Waals surface area contributed by atoms with Crippen LogP contribution in [0.3, 0.4) is 0 Å². The number of rotatable bonds is 22. The number of ether oxygens (including phenoxy) is 2. The molecule has 12 heteroatoms. The number of ketones is 2. The number of hydrogen-bond acceptors (Lipinski definition) is 8. The summed E-state index contributed by atoms with van der Waals surface area (Å²) in [6.45, 7) is 46.4. The molecule has 0 radical (unpaired) electrons. The smallest absolute Gasteiger partial charge is 0.407 e. The van der Waals surface area contributed by atoms with Gasteiger partial charge in [0, 0.05) is 24.5 Å². The number of allylic oxidation sites excluding steroid dienone is 2. The van der Waals surface area contributed by atoms with E-state index in [2.05, 4.69) is 151 Å². The number of halogens is 2. The fourth-order valence-electron chi connectivity index (χ4n) is 8.80. The highest BCUT2D eigenvalue weighted by molar-refractivity contribution is 5.86. The molecule has 2 amide bonds. The Morgan fingerprint density at radius 2 is 1.04 bits per heavy atom. The topological polar surface area (TPSA) is 126 Å². The summed E-state index contributed by atoms with van der Waals surface area (Å²) < 4.78 is 36.2. The molecule has 0 spiro atoms. The van der Waals surface area contributed by atoms with E-state index in [9.17, 15) is 28.0 Å². The minimum atomic E-state index is -0.566. The highest BCUT2D eigenvalue weighted by Gasteiger charge is 2.23. The Hall–Kier alpha value is -5.52. The number of carbonyl (C=O) groups is 4. The predicted molar refractivity (Wildman–Crippen MR) is 330 cm³/mol. The lowest BCUT2D eigenvalue weighted by molar-refractivity contribution is -0.120. The number of piperidine rings is 1. The van der Waals surface area contributed by atoms with E-state index in [-0.39, 0.29) is 29.1 Å². The summed E-state index contributed by atoms with van der Waals surface area (Å²) in [6.07, 6.45) is 10.9. The summed E-state index contributed by atoms with van der Waals surface area (Å²) in [4.78, 5) is 45.2. The van der Waals surface area contributed by atoms with Crippen LogP contribution in [-0.2, 0) is 19.1 Å². The number of aryl methyl sites for hydroxylation is 4. The van der Waals surface area contributed by atoms with Crippen molar-refractivity contribution in [2.45, 2.75) is 213 Å². The van der Waals surface area contributed by atoms with E-state index in [1.165, 1.54) is 131 Å². The summed E-state index contributed by atoms with van der Waals surface area (Å²) >= 11 is 0. The number of alkyl carbamates (subject to hydrolysis) is 2. The van der Waals surface area contributed by atoms with Crippen molar-refractivity contribution in [2.24, 2.45) is 29.6 Å². The average Bonchev–Trinajstić information content (AvgIpc) is 3.39. The van der Waals surface area contributed by atoms with Crippen molar-refractivity contribution in [3.05, 3.63) is 118 Å². The average molecular weight is 1100 g/mol. The number of methoxy groups -OCH3 is 2. The number of hydrogen-bond donors (Lipinski definition) is 3. The van der Waals surface area contributed by atoms with Gasteiger partial charge in [0.05, 0.1) is 26.3 Å². The lowest BCUT2D eigenvalue weighted by Crippen LogP contribution is -2.43. The van der Waals surface area contributed by atoms with E-state index in [1.807, 2.05) is 32.6 Å². The third kappa shape index (κ3) is 29.0. The second-order valence-corrected chi connectivity index (χ2v) is 23.1. The van der Waals surface area contributed by atoms with Crippen LogP contribution in [0.4, 0.5) is 29.7 Å². The van der Waals surface area contributed by atoms with Crippen molar-refractivity contribution < 1.29 is 37.4 Å². The van der Waals surface area contributed by atoms with Crippen molar-refractivity contribution in [3.63, 3.8) is 0 Å².